The Bertz CT molecular complexity index is 935. The van der Waals surface area contributed by atoms with Crippen molar-refractivity contribution in [2.45, 2.75) is 19.4 Å². The second-order valence-electron chi connectivity index (χ2n) is 6.52. The molecule has 0 saturated carbocycles. The summed E-state index contributed by atoms with van der Waals surface area (Å²) in [5.41, 5.74) is 6.12. The van der Waals surface area contributed by atoms with E-state index in [1.807, 2.05) is 97.9 Å². The van der Waals surface area contributed by atoms with Gasteiger partial charge in [0.1, 0.15) is 11.4 Å². The number of carbonyl (C=O) groups excluding carboxylic acids is 1. The molecule has 0 heterocycles. The third-order valence-corrected chi connectivity index (χ3v) is 9.09. The first-order chi connectivity index (χ1) is 13.7. The Hall–Kier alpha value is -2.92. The summed E-state index contributed by atoms with van der Waals surface area (Å²) in [6.07, 6.45) is 0.488. The minimum atomic E-state index is -2.66. The van der Waals surface area contributed by atoms with Gasteiger partial charge in [-0.05, 0) is 29.2 Å². The van der Waals surface area contributed by atoms with E-state index in [9.17, 15) is 10.1 Å². The molecule has 3 aromatic carbocycles. The SMILES string of the molecule is CC[C@H](N)C(=O)C(C#N)=P(c1ccccc1)(c1ccccc1)c1ccccc1. The maximum Gasteiger partial charge on any atom is 0.191 e. The van der Waals surface area contributed by atoms with Crippen LogP contribution >= 0.6 is 6.89 Å². The molecule has 1 atom stereocenters. The van der Waals surface area contributed by atoms with Gasteiger partial charge in [-0.15, -0.1) is 0 Å². The van der Waals surface area contributed by atoms with Gasteiger partial charge >= 0.3 is 0 Å². The second kappa shape index (κ2) is 8.85. The lowest BCUT2D eigenvalue weighted by molar-refractivity contribution is -0.113. The van der Waals surface area contributed by atoms with Crippen molar-refractivity contribution in [3.05, 3.63) is 91.0 Å². The van der Waals surface area contributed by atoms with Gasteiger partial charge in [-0.2, -0.15) is 5.26 Å². The van der Waals surface area contributed by atoms with Crippen molar-refractivity contribution in [1.29, 1.82) is 5.26 Å². The Morgan fingerprint density at radius 3 is 1.50 bits per heavy atom. The van der Waals surface area contributed by atoms with Gasteiger partial charge in [0, 0.05) is 0 Å². The summed E-state index contributed by atoms with van der Waals surface area (Å²) in [6, 6.07) is 31.2. The third kappa shape index (κ3) is 3.45. The molecule has 2 N–H and O–H groups in total. The molecular formula is C24H23N2OP. The lowest BCUT2D eigenvalue weighted by Gasteiger charge is -2.30. The first kappa shape index (κ1) is 19.8. The molecule has 0 amide bonds. The van der Waals surface area contributed by atoms with Crippen molar-refractivity contribution in [2.75, 3.05) is 0 Å². The summed E-state index contributed by atoms with van der Waals surface area (Å²) in [5.74, 6) is -0.269. The minimum absolute atomic E-state index is 0.255. The topological polar surface area (TPSA) is 66.9 Å². The fourth-order valence-corrected chi connectivity index (χ4v) is 7.62. The molecular weight excluding hydrogens is 363 g/mol. The zero-order valence-corrected chi connectivity index (χ0v) is 16.7. The third-order valence-electron chi connectivity index (χ3n) is 4.88. The first-order valence-corrected chi connectivity index (χ1v) is 11.1. The summed E-state index contributed by atoms with van der Waals surface area (Å²) in [7, 11) is 0. The van der Waals surface area contributed by atoms with E-state index in [2.05, 4.69) is 6.07 Å². The number of benzene rings is 3. The molecule has 3 nitrogen and oxygen atoms in total. The summed E-state index contributed by atoms with van der Waals surface area (Å²) < 4.78 is 0. The fraction of sp³-hybridized carbons (Fsp3) is 0.125. The lowest BCUT2D eigenvalue weighted by Crippen LogP contribution is -2.40. The molecule has 0 saturated heterocycles. The molecule has 4 heteroatoms. The molecule has 3 aromatic rings. The monoisotopic (exact) mass is 386 g/mol. The Morgan fingerprint density at radius 2 is 1.21 bits per heavy atom. The van der Waals surface area contributed by atoms with Gasteiger partial charge in [0.15, 0.2) is 5.78 Å². The highest BCUT2D eigenvalue weighted by Crippen LogP contribution is 2.46. The quantitative estimate of drug-likeness (QED) is 0.663. The number of hydrogen-bond acceptors (Lipinski definition) is 3. The van der Waals surface area contributed by atoms with Crippen LogP contribution in [0.1, 0.15) is 13.3 Å². The van der Waals surface area contributed by atoms with Crippen molar-refractivity contribution < 1.29 is 4.79 Å². The molecule has 0 aliphatic carbocycles. The summed E-state index contributed by atoms with van der Waals surface area (Å²) in [6.45, 7) is -0.794. The van der Waals surface area contributed by atoms with Gasteiger partial charge in [-0.3, -0.25) is 4.79 Å². The predicted molar refractivity (Wildman–Crippen MR) is 119 cm³/mol. The average molecular weight is 386 g/mol. The van der Waals surface area contributed by atoms with Crippen LogP contribution in [-0.4, -0.2) is 17.1 Å². The number of hydrogen-bond donors (Lipinski definition) is 1. The van der Waals surface area contributed by atoms with Gasteiger partial charge in [0.2, 0.25) is 0 Å². The number of rotatable bonds is 6. The maximum absolute atomic E-state index is 13.3. The lowest BCUT2D eigenvalue weighted by atomic mass is 10.1. The number of ketones is 1. The smallest absolute Gasteiger partial charge is 0.191 e. The number of Topliss-reactive ketones (excluding diaryl/α,β-unsaturated/α-hetero) is 1. The molecule has 0 unspecified atom stereocenters. The van der Waals surface area contributed by atoms with E-state index in [0.717, 1.165) is 15.9 Å². The van der Waals surface area contributed by atoms with Crippen LogP contribution in [0.5, 0.6) is 0 Å². The van der Waals surface area contributed by atoms with Gasteiger partial charge in [0.05, 0.1) is 6.04 Å². The number of nitrogens with zero attached hydrogens (tertiary/aromatic N) is 1. The van der Waals surface area contributed by atoms with E-state index in [4.69, 9.17) is 5.73 Å². The van der Waals surface area contributed by atoms with E-state index >= 15 is 0 Å². The number of nitrogens with two attached hydrogens (primary N) is 1. The largest absolute Gasteiger partial charge is 0.321 e. The highest BCUT2D eigenvalue weighted by Gasteiger charge is 2.34. The standard InChI is InChI=1S/C24H23N2OP/c1-2-22(26)24(27)23(18-25)28(19-12-6-3-7-13-19,20-14-8-4-9-15-20)21-16-10-5-11-17-21/h3-17,22H,2,26H2,1H3/t22-/m0/s1. The molecule has 0 aliphatic rings. The van der Waals surface area contributed by atoms with E-state index in [-0.39, 0.29) is 11.1 Å². The van der Waals surface area contributed by atoms with E-state index in [0.29, 0.717) is 6.42 Å². The zero-order valence-electron chi connectivity index (χ0n) is 15.8. The normalized spacial score (nSPS) is 12.0. The highest BCUT2D eigenvalue weighted by molar-refractivity contribution is 7.97. The fourth-order valence-electron chi connectivity index (χ4n) is 3.45. The first-order valence-electron chi connectivity index (χ1n) is 9.29. The zero-order chi connectivity index (χ0) is 20.0. The Morgan fingerprint density at radius 1 is 0.857 bits per heavy atom. The van der Waals surface area contributed by atoms with Gasteiger partial charge < -0.3 is 5.73 Å². The Balaban J connectivity index is 2.57. The van der Waals surface area contributed by atoms with Crippen LogP contribution < -0.4 is 21.6 Å². The highest BCUT2D eigenvalue weighted by atomic mass is 31.2. The number of carbonyl (C=O) groups is 1. The Labute approximate surface area is 166 Å². The van der Waals surface area contributed by atoms with Crippen LogP contribution in [0.15, 0.2) is 91.0 Å². The van der Waals surface area contributed by atoms with Gasteiger partial charge in [-0.25, -0.2) is 0 Å². The molecule has 3 rings (SSSR count). The van der Waals surface area contributed by atoms with E-state index in [1.54, 1.807) is 0 Å². The van der Waals surface area contributed by atoms with Crippen molar-refractivity contribution in [3.8, 4) is 6.07 Å². The summed E-state index contributed by atoms with van der Waals surface area (Å²) in [5, 5.41) is 13.4. The second-order valence-corrected chi connectivity index (χ2v) is 9.85. The molecule has 0 aromatic heterocycles. The molecule has 0 radical (unpaired) electrons. The van der Waals surface area contributed by atoms with Crippen LogP contribution in [0.3, 0.4) is 0 Å². The van der Waals surface area contributed by atoms with Crippen molar-refractivity contribution in [2.24, 2.45) is 5.73 Å². The van der Waals surface area contributed by atoms with Crippen molar-refractivity contribution >= 4 is 33.9 Å². The molecule has 28 heavy (non-hydrogen) atoms. The summed E-state index contributed by atoms with van der Waals surface area (Å²) >= 11 is 0. The molecule has 140 valence electrons. The predicted octanol–water partition coefficient (Wildman–Crippen LogP) is 2.98. The van der Waals surface area contributed by atoms with Crippen LogP contribution in [0.4, 0.5) is 0 Å². The molecule has 0 bridgehead atoms. The number of nitriles is 1. The van der Waals surface area contributed by atoms with E-state index in [1.165, 1.54) is 0 Å². The van der Waals surface area contributed by atoms with Crippen LogP contribution in [0.2, 0.25) is 0 Å². The molecule has 0 spiro atoms. The van der Waals surface area contributed by atoms with Crippen LogP contribution in [0.25, 0.3) is 0 Å². The summed E-state index contributed by atoms with van der Waals surface area (Å²) in [4.78, 5) is 13.3. The van der Waals surface area contributed by atoms with Crippen LogP contribution in [-0.2, 0) is 4.79 Å². The molecule has 0 fully saturated rings. The van der Waals surface area contributed by atoms with Gasteiger partial charge in [-0.1, -0.05) is 97.9 Å². The van der Waals surface area contributed by atoms with Crippen LogP contribution in [0, 0.1) is 11.3 Å². The van der Waals surface area contributed by atoms with Gasteiger partial charge in [0.25, 0.3) is 0 Å². The Kier molecular flexibility index (Phi) is 6.26. The average Bonchev–Trinajstić information content (AvgIpc) is 2.78. The maximum atomic E-state index is 13.3. The van der Waals surface area contributed by atoms with Crippen molar-refractivity contribution in [3.63, 3.8) is 0 Å². The van der Waals surface area contributed by atoms with Crippen molar-refractivity contribution in [1.82, 2.24) is 0 Å². The minimum Gasteiger partial charge on any atom is -0.321 e. The molecule has 0 aliphatic heterocycles. The van der Waals surface area contributed by atoms with E-state index < -0.39 is 12.9 Å².